The number of pyridine rings is 1. The summed E-state index contributed by atoms with van der Waals surface area (Å²) in [5.41, 5.74) is 6.96. The first-order valence-electron chi connectivity index (χ1n) is 6.41. The number of rotatable bonds is 5. The van der Waals surface area contributed by atoms with Gasteiger partial charge in [-0.05, 0) is 43.7 Å². The molecule has 1 aromatic heterocycles. The molecule has 1 heterocycles. The van der Waals surface area contributed by atoms with Gasteiger partial charge >= 0.3 is 0 Å². The van der Waals surface area contributed by atoms with E-state index in [1.54, 1.807) is 18.2 Å². The lowest BCUT2D eigenvalue weighted by Gasteiger charge is -2.14. The predicted molar refractivity (Wildman–Crippen MR) is 81.8 cm³/mol. The van der Waals surface area contributed by atoms with Crippen LogP contribution in [0.25, 0.3) is 0 Å². The van der Waals surface area contributed by atoms with E-state index >= 15 is 0 Å². The molecule has 0 aliphatic rings. The molecule has 0 aliphatic heterocycles. The average molecular weight is 307 g/mol. The molecule has 2 aromatic rings. The number of hydrogen-bond acceptors (Lipinski definition) is 5. The number of nitrogens with zero attached hydrogens (tertiary/aromatic N) is 1. The number of aryl methyl sites for hydroxylation is 1. The van der Waals surface area contributed by atoms with Crippen LogP contribution in [0.1, 0.15) is 12.5 Å². The smallest absolute Gasteiger partial charge is 0.265 e. The molecule has 0 radical (unpaired) electrons. The first-order valence-corrected chi connectivity index (χ1v) is 7.89. The molecule has 21 heavy (non-hydrogen) atoms. The van der Waals surface area contributed by atoms with Crippen molar-refractivity contribution in [1.29, 1.82) is 0 Å². The molecule has 0 spiro atoms. The third-order valence-electron chi connectivity index (χ3n) is 2.77. The van der Waals surface area contributed by atoms with E-state index in [1.807, 2.05) is 13.8 Å². The summed E-state index contributed by atoms with van der Waals surface area (Å²) < 4.78 is 32.7. The predicted octanol–water partition coefficient (Wildman–Crippen LogP) is 2.17. The van der Waals surface area contributed by atoms with Gasteiger partial charge < -0.3 is 10.5 Å². The molecule has 0 bridgehead atoms. The van der Waals surface area contributed by atoms with Gasteiger partial charge in [0.25, 0.3) is 10.0 Å². The summed E-state index contributed by atoms with van der Waals surface area (Å²) in [4.78, 5) is 3.73. The second kappa shape index (κ2) is 6.01. The molecule has 0 amide bonds. The van der Waals surface area contributed by atoms with Crippen molar-refractivity contribution in [3.63, 3.8) is 0 Å². The Balaban J connectivity index is 2.40. The molecule has 6 nitrogen and oxygen atoms in total. The van der Waals surface area contributed by atoms with Gasteiger partial charge in [0.1, 0.15) is 16.5 Å². The molecule has 0 fully saturated rings. The van der Waals surface area contributed by atoms with Crippen molar-refractivity contribution in [2.24, 2.45) is 0 Å². The highest BCUT2D eigenvalue weighted by Gasteiger charge is 2.19. The summed E-state index contributed by atoms with van der Waals surface area (Å²) in [6.07, 6.45) is 1.44. The molecule has 3 N–H and O–H groups in total. The van der Waals surface area contributed by atoms with Crippen molar-refractivity contribution >= 4 is 21.5 Å². The second-order valence-electron chi connectivity index (χ2n) is 4.42. The maximum Gasteiger partial charge on any atom is 0.265 e. The Hall–Kier alpha value is -2.28. The van der Waals surface area contributed by atoms with E-state index in [-0.39, 0.29) is 10.7 Å². The third kappa shape index (κ3) is 3.43. The summed E-state index contributed by atoms with van der Waals surface area (Å²) in [5.74, 6) is 0.429. The highest BCUT2D eigenvalue weighted by molar-refractivity contribution is 7.92. The first-order chi connectivity index (χ1) is 9.94. The highest BCUT2D eigenvalue weighted by Crippen LogP contribution is 2.29. The molecule has 0 saturated carbocycles. The largest absolute Gasteiger partial charge is 0.492 e. The Kier molecular flexibility index (Phi) is 4.32. The van der Waals surface area contributed by atoms with E-state index in [0.29, 0.717) is 18.0 Å². The summed E-state index contributed by atoms with van der Waals surface area (Å²) >= 11 is 0. The minimum Gasteiger partial charge on any atom is -0.492 e. The number of anilines is 2. The number of nitrogen functional groups attached to an aromatic ring is 1. The van der Waals surface area contributed by atoms with E-state index in [2.05, 4.69) is 9.71 Å². The van der Waals surface area contributed by atoms with E-state index in [0.717, 1.165) is 5.56 Å². The van der Waals surface area contributed by atoms with Crippen LogP contribution >= 0.6 is 0 Å². The molecule has 0 aliphatic carbocycles. The fraction of sp³-hybridized carbons (Fsp3) is 0.214. The Bertz CT molecular complexity index is 745. The minimum atomic E-state index is -3.82. The van der Waals surface area contributed by atoms with Gasteiger partial charge in [0, 0.05) is 6.20 Å². The SMILES string of the molecule is CCOc1cc(C)ccc1NS(=O)(=O)c1cccnc1N. The van der Waals surface area contributed by atoms with Gasteiger partial charge in [-0.1, -0.05) is 6.07 Å². The van der Waals surface area contributed by atoms with Crippen LogP contribution in [0.2, 0.25) is 0 Å². The topological polar surface area (TPSA) is 94.3 Å². The molecule has 0 atom stereocenters. The molecule has 0 unspecified atom stereocenters. The zero-order valence-corrected chi connectivity index (χ0v) is 12.6. The van der Waals surface area contributed by atoms with E-state index in [1.165, 1.54) is 18.3 Å². The Morgan fingerprint density at radius 3 is 2.76 bits per heavy atom. The summed E-state index contributed by atoms with van der Waals surface area (Å²) in [6.45, 7) is 4.17. The normalized spacial score (nSPS) is 11.1. The van der Waals surface area contributed by atoms with Gasteiger partial charge in [-0.15, -0.1) is 0 Å². The molecule has 7 heteroatoms. The van der Waals surface area contributed by atoms with Crippen LogP contribution in [-0.4, -0.2) is 20.0 Å². The molecular formula is C14H17N3O3S. The quantitative estimate of drug-likeness (QED) is 0.883. The number of sulfonamides is 1. The van der Waals surface area contributed by atoms with Crippen LogP contribution in [0.3, 0.4) is 0 Å². The summed E-state index contributed by atoms with van der Waals surface area (Å²) in [5, 5.41) is 0. The van der Waals surface area contributed by atoms with Gasteiger partial charge in [-0.25, -0.2) is 13.4 Å². The van der Waals surface area contributed by atoms with Crippen LogP contribution in [0, 0.1) is 6.92 Å². The van der Waals surface area contributed by atoms with E-state index < -0.39 is 10.0 Å². The lowest BCUT2D eigenvalue weighted by molar-refractivity contribution is 0.342. The van der Waals surface area contributed by atoms with Crippen molar-refractivity contribution in [1.82, 2.24) is 4.98 Å². The van der Waals surface area contributed by atoms with Crippen LogP contribution in [0.15, 0.2) is 41.4 Å². The van der Waals surface area contributed by atoms with Crippen LogP contribution in [0.4, 0.5) is 11.5 Å². The Morgan fingerprint density at radius 1 is 1.33 bits per heavy atom. The van der Waals surface area contributed by atoms with Crippen molar-refractivity contribution < 1.29 is 13.2 Å². The zero-order valence-electron chi connectivity index (χ0n) is 11.8. The van der Waals surface area contributed by atoms with E-state index in [9.17, 15) is 8.42 Å². The van der Waals surface area contributed by atoms with Crippen molar-refractivity contribution in [2.75, 3.05) is 17.1 Å². The van der Waals surface area contributed by atoms with Crippen LogP contribution in [-0.2, 0) is 10.0 Å². The standard InChI is InChI=1S/C14H17N3O3S/c1-3-20-12-9-10(2)6-7-11(12)17-21(18,19)13-5-4-8-16-14(13)15/h4-9,17H,3H2,1-2H3,(H2,15,16). The fourth-order valence-electron chi connectivity index (χ4n) is 1.82. The molecule has 0 saturated heterocycles. The van der Waals surface area contributed by atoms with Gasteiger partial charge in [-0.3, -0.25) is 4.72 Å². The average Bonchev–Trinajstić information content (AvgIpc) is 2.42. The number of ether oxygens (including phenoxy) is 1. The lowest BCUT2D eigenvalue weighted by atomic mass is 10.2. The maximum absolute atomic E-state index is 12.4. The molecule has 1 aromatic carbocycles. The Morgan fingerprint density at radius 2 is 2.10 bits per heavy atom. The highest BCUT2D eigenvalue weighted by atomic mass is 32.2. The fourth-order valence-corrected chi connectivity index (χ4v) is 2.97. The van der Waals surface area contributed by atoms with Gasteiger partial charge in [0.15, 0.2) is 0 Å². The minimum absolute atomic E-state index is 0.0462. The Labute approximate surface area is 124 Å². The number of nitrogens with two attached hydrogens (primary N) is 1. The van der Waals surface area contributed by atoms with E-state index in [4.69, 9.17) is 10.5 Å². The van der Waals surface area contributed by atoms with Gasteiger partial charge in [0.2, 0.25) is 0 Å². The zero-order chi connectivity index (χ0) is 15.5. The van der Waals surface area contributed by atoms with Crippen molar-refractivity contribution in [3.8, 4) is 5.75 Å². The number of benzene rings is 1. The third-order valence-corrected chi connectivity index (χ3v) is 4.18. The number of hydrogen-bond donors (Lipinski definition) is 2. The summed E-state index contributed by atoms with van der Waals surface area (Å²) in [7, 11) is -3.82. The van der Waals surface area contributed by atoms with Crippen molar-refractivity contribution in [2.45, 2.75) is 18.7 Å². The van der Waals surface area contributed by atoms with Crippen LogP contribution in [0.5, 0.6) is 5.75 Å². The lowest BCUT2D eigenvalue weighted by Crippen LogP contribution is -2.16. The molecular weight excluding hydrogens is 290 g/mol. The summed E-state index contributed by atoms with van der Waals surface area (Å²) in [6, 6.07) is 8.15. The van der Waals surface area contributed by atoms with Gasteiger partial charge in [-0.2, -0.15) is 0 Å². The maximum atomic E-state index is 12.4. The molecule has 2 rings (SSSR count). The number of nitrogens with one attached hydrogen (secondary N) is 1. The second-order valence-corrected chi connectivity index (χ2v) is 6.08. The van der Waals surface area contributed by atoms with Crippen molar-refractivity contribution in [3.05, 3.63) is 42.1 Å². The van der Waals surface area contributed by atoms with Gasteiger partial charge in [0.05, 0.1) is 12.3 Å². The monoisotopic (exact) mass is 307 g/mol. The first kappa shape index (κ1) is 15.1. The number of aromatic nitrogens is 1. The molecule has 112 valence electrons. The van der Waals surface area contributed by atoms with Crippen LogP contribution < -0.4 is 15.2 Å².